The summed E-state index contributed by atoms with van der Waals surface area (Å²) in [5.41, 5.74) is 0.674. The van der Waals surface area contributed by atoms with Gasteiger partial charge in [-0.25, -0.2) is 4.79 Å². The van der Waals surface area contributed by atoms with E-state index in [0.29, 0.717) is 29.8 Å². The van der Waals surface area contributed by atoms with Crippen molar-refractivity contribution in [1.82, 2.24) is 5.32 Å². The molecular weight excluding hydrogens is 270 g/mol. The van der Waals surface area contributed by atoms with Crippen LogP contribution in [0.1, 0.15) is 20.3 Å². The Kier molecular flexibility index (Phi) is 8.28. The smallest absolute Gasteiger partial charge is 0.343 e. The number of likely N-dealkylation sites (N-methyl/N-ethyl adjacent to an activating group) is 1. The molecule has 0 spiro atoms. The summed E-state index contributed by atoms with van der Waals surface area (Å²) >= 11 is 0. The van der Waals surface area contributed by atoms with Crippen LogP contribution in [-0.4, -0.2) is 62.6 Å². The van der Waals surface area contributed by atoms with Gasteiger partial charge in [-0.2, -0.15) is 0 Å². The van der Waals surface area contributed by atoms with E-state index in [0.717, 1.165) is 13.0 Å². The van der Waals surface area contributed by atoms with Crippen molar-refractivity contribution in [2.24, 2.45) is 0 Å². The molecule has 0 bridgehead atoms. The van der Waals surface area contributed by atoms with E-state index >= 15 is 0 Å². The number of quaternary nitrogens is 1. The average Bonchev–Trinajstić information content (AvgIpc) is 2.41. The molecule has 6 nitrogen and oxygen atoms in total. The van der Waals surface area contributed by atoms with E-state index in [9.17, 15) is 9.59 Å². The summed E-state index contributed by atoms with van der Waals surface area (Å²) < 4.78 is 5.74. The van der Waals surface area contributed by atoms with E-state index < -0.39 is 5.97 Å². The minimum absolute atomic E-state index is 0.122. The summed E-state index contributed by atoms with van der Waals surface area (Å²) in [5.74, 6) is 1.39. The molecule has 0 radical (unpaired) electrons. The lowest BCUT2D eigenvalue weighted by molar-refractivity contribution is -0.890. The van der Waals surface area contributed by atoms with E-state index in [1.54, 1.807) is 6.92 Å². The van der Waals surface area contributed by atoms with Crippen LogP contribution in [0.2, 0.25) is 0 Å². The minimum atomic E-state index is -0.501. The standard InChI is InChI=1S/C15H25N3O3/c1-12(2)14(19)17-7-6-8-18(4,5)9-10-21-15(20)13(3)11-16/h16H,1,6-10H2,2-5H3/p+1. The Hall–Kier alpha value is -1.91. The number of amides is 1. The fraction of sp³-hybridized carbons (Fsp3) is 0.600. The number of carbonyl (C=O) groups is 2. The van der Waals surface area contributed by atoms with Crippen LogP contribution in [0.15, 0.2) is 17.7 Å². The van der Waals surface area contributed by atoms with Gasteiger partial charge in [-0.1, -0.05) is 6.58 Å². The topological polar surface area (TPSA) is 79.2 Å². The normalized spacial score (nSPS) is 10.5. The SMILES string of the molecule is C=C(C)C(=O)NCCC[N+](C)(C)CCOC(=O)C(C)=C=N. The predicted molar refractivity (Wildman–Crippen MR) is 82.2 cm³/mol. The zero-order valence-electron chi connectivity index (χ0n) is 13.4. The van der Waals surface area contributed by atoms with Gasteiger partial charge in [0.15, 0.2) is 0 Å². The molecule has 0 aromatic carbocycles. The van der Waals surface area contributed by atoms with Crippen LogP contribution in [0, 0.1) is 5.41 Å². The largest absolute Gasteiger partial charge is 0.456 e. The fourth-order valence-electron chi connectivity index (χ4n) is 1.52. The number of hydrogen-bond acceptors (Lipinski definition) is 4. The molecule has 0 rings (SSSR count). The first-order valence-corrected chi connectivity index (χ1v) is 6.89. The van der Waals surface area contributed by atoms with E-state index in [2.05, 4.69) is 11.9 Å². The molecule has 0 saturated heterocycles. The molecule has 0 aromatic heterocycles. The van der Waals surface area contributed by atoms with E-state index in [1.165, 1.54) is 6.92 Å². The lowest BCUT2D eigenvalue weighted by Gasteiger charge is -2.29. The van der Waals surface area contributed by atoms with Crippen LogP contribution in [0.3, 0.4) is 0 Å². The van der Waals surface area contributed by atoms with Crippen LogP contribution in [0.4, 0.5) is 0 Å². The van der Waals surface area contributed by atoms with Gasteiger partial charge in [0.25, 0.3) is 0 Å². The van der Waals surface area contributed by atoms with Crippen LogP contribution < -0.4 is 5.32 Å². The van der Waals surface area contributed by atoms with Crippen molar-refractivity contribution in [2.45, 2.75) is 20.3 Å². The number of rotatable bonds is 9. The molecule has 0 saturated carbocycles. The number of nitrogens with one attached hydrogen (secondary N) is 2. The molecule has 0 heterocycles. The highest BCUT2D eigenvalue weighted by molar-refractivity contribution is 5.96. The second-order valence-corrected chi connectivity index (χ2v) is 5.66. The lowest BCUT2D eigenvalue weighted by atomic mass is 10.3. The molecule has 0 aromatic rings. The highest BCUT2D eigenvalue weighted by Gasteiger charge is 2.16. The van der Waals surface area contributed by atoms with Gasteiger partial charge >= 0.3 is 5.97 Å². The van der Waals surface area contributed by atoms with Gasteiger partial charge in [0, 0.05) is 18.5 Å². The van der Waals surface area contributed by atoms with Gasteiger partial charge in [-0.05, 0) is 19.7 Å². The van der Waals surface area contributed by atoms with Crippen LogP contribution in [-0.2, 0) is 14.3 Å². The Balaban J connectivity index is 3.94. The van der Waals surface area contributed by atoms with Gasteiger partial charge in [0.2, 0.25) is 5.91 Å². The third-order valence-electron chi connectivity index (χ3n) is 3.04. The second kappa shape index (κ2) is 9.10. The van der Waals surface area contributed by atoms with Crippen molar-refractivity contribution in [2.75, 3.05) is 40.3 Å². The van der Waals surface area contributed by atoms with Gasteiger partial charge in [0.1, 0.15) is 13.2 Å². The van der Waals surface area contributed by atoms with E-state index in [4.69, 9.17) is 10.1 Å². The number of carbonyl (C=O) groups excluding carboxylic acids is 2. The first-order valence-electron chi connectivity index (χ1n) is 6.89. The summed E-state index contributed by atoms with van der Waals surface area (Å²) in [6.45, 7) is 9.17. The lowest BCUT2D eigenvalue weighted by Crippen LogP contribution is -2.44. The van der Waals surface area contributed by atoms with Crippen LogP contribution >= 0.6 is 0 Å². The zero-order valence-corrected chi connectivity index (χ0v) is 13.4. The molecule has 0 atom stereocenters. The molecular formula is C15H26N3O3+. The van der Waals surface area contributed by atoms with Crippen molar-refractivity contribution in [3.8, 4) is 0 Å². The van der Waals surface area contributed by atoms with Gasteiger partial charge < -0.3 is 14.5 Å². The predicted octanol–water partition coefficient (Wildman–Crippen LogP) is 0.883. The maximum atomic E-state index is 11.4. The highest BCUT2D eigenvalue weighted by atomic mass is 16.5. The monoisotopic (exact) mass is 296 g/mol. The Labute approximate surface area is 126 Å². The van der Waals surface area contributed by atoms with Crippen molar-refractivity contribution in [1.29, 1.82) is 5.41 Å². The van der Waals surface area contributed by atoms with Gasteiger partial charge in [0.05, 0.1) is 26.2 Å². The first-order chi connectivity index (χ1) is 9.69. The van der Waals surface area contributed by atoms with Gasteiger partial charge in [-0.3, -0.25) is 10.2 Å². The number of esters is 1. The average molecular weight is 296 g/mol. The van der Waals surface area contributed by atoms with Crippen molar-refractivity contribution >= 4 is 17.7 Å². The fourth-order valence-corrected chi connectivity index (χ4v) is 1.52. The molecule has 0 unspecified atom stereocenters. The summed E-state index contributed by atoms with van der Waals surface area (Å²) in [6.07, 6.45) is 0.833. The minimum Gasteiger partial charge on any atom is -0.456 e. The molecule has 0 fully saturated rings. The Morgan fingerprint density at radius 2 is 1.90 bits per heavy atom. The number of hydrogen-bond donors (Lipinski definition) is 2. The Morgan fingerprint density at radius 3 is 2.43 bits per heavy atom. The summed E-state index contributed by atoms with van der Waals surface area (Å²) in [4.78, 5) is 22.7. The number of ether oxygens (including phenoxy) is 1. The third-order valence-corrected chi connectivity index (χ3v) is 3.04. The molecule has 6 heteroatoms. The summed E-state index contributed by atoms with van der Waals surface area (Å²) in [6, 6.07) is 0. The maximum absolute atomic E-state index is 11.4. The maximum Gasteiger partial charge on any atom is 0.343 e. The molecule has 118 valence electrons. The quantitative estimate of drug-likeness (QED) is 0.218. The van der Waals surface area contributed by atoms with Crippen molar-refractivity contribution < 1.29 is 18.8 Å². The number of nitrogens with zero attached hydrogens (tertiary/aromatic N) is 1. The molecule has 2 N–H and O–H groups in total. The van der Waals surface area contributed by atoms with E-state index in [-0.39, 0.29) is 11.5 Å². The summed E-state index contributed by atoms with van der Waals surface area (Å²) in [5, 5.41) is 9.63. The molecule has 21 heavy (non-hydrogen) atoms. The van der Waals surface area contributed by atoms with Crippen molar-refractivity contribution in [3.63, 3.8) is 0 Å². The molecule has 0 aliphatic rings. The first kappa shape index (κ1) is 19.1. The van der Waals surface area contributed by atoms with Crippen LogP contribution in [0.25, 0.3) is 0 Å². The van der Waals surface area contributed by atoms with Crippen molar-refractivity contribution in [3.05, 3.63) is 17.7 Å². The highest BCUT2D eigenvalue weighted by Crippen LogP contribution is 2.00. The summed E-state index contributed by atoms with van der Waals surface area (Å²) in [7, 11) is 4.07. The zero-order chi connectivity index (χ0) is 16.5. The Morgan fingerprint density at radius 1 is 1.29 bits per heavy atom. The third kappa shape index (κ3) is 8.78. The Bertz CT molecular complexity index is 449. The van der Waals surface area contributed by atoms with Gasteiger partial charge in [-0.15, -0.1) is 0 Å². The molecule has 0 aliphatic heterocycles. The second-order valence-electron chi connectivity index (χ2n) is 5.66. The molecule has 0 aliphatic carbocycles. The van der Waals surface area contributed by atoms with E-state index in [1.807, 2.05) is 20.0 Å². The molecule has 1 amide bonds. The van der Waals surface area contributed by atoms with Crippen LogP contribution in [0.5, 0.6) is 0 Å².